The Morgan fingerprint density at radius 1 is 1.33 bits per heavy atom. The van der Waals surface area contributed by atoms with E-state index in [-0.39, 0.29) is 5.97 Å². The summed E-state index contributed by atoms with van der Waals surface area (Å²) in [6, 6.07) is 0. The van der Waals surface area contributed by atoms with Gasteiger partial charge in [-0.15, -0.1) is 0 Å². The predicted octanol–water partition coefficient (Wildman–Crippen LogP) is 2.69. The van der Waals surface area contributed by atoms with E-state index in [1.54, 1.807) is 0 Å². The lowest BCUT2D eigenvalue weighted by molar-refractivity contribution is -0.139. The minimum atomic E-state index is -0.215. The molecule has 0 rings (SSSR count). The Bertz CT molecular complexity index is 139. The molecule has 0 saturated heterocycles. The zero-order chi connectivity index (χ0) is 9.23. The van der Waals surface area contributed by atoms with Crippen molar-refractivity contribution in [2.24, 2.45) is 0 Å². The molecule has 0 unspecified atom stereocenters. The molecule has 70 valence electrons. The molecule has 0 saturated carbocycles. The van der Waals surface area contributed by atoms with Crippen molar-refractivity contribution in [3.63, 3.8) is 0 Å². The van der Waals surface area contributed by atoms with Gasteiger partial charge in [0.25, 0.3) is 0 Å². The second-order valence-electron chi connectivity index (χ2n) is 2.77. The second-order valence-corrected chi connectivity index (χ2v) is 2.77. The number of ether oxygens (including phenoxy) is 1. The van der Waals surface area contributed by atoms with Crippen molar-refractivity contribution in [2.75, 3.05) is 6.61 Å². The Balaban J connectivity index is 3.09. The van der Waals surface area contributed by atoms with E-state index in [0.717, 1.165) is 6.42 Å². The molecule has 0 N–H and O–H groups in total. The molecule has 0 bridgehead atoms. The smallest absolute Gasteiger partial charge is 0.302 e. The number of esters is 1. The van der Waals surface area contributed by atoms with E-state index < -0.39 is 0 Å². The van der Waals surface area contributed by atoms with E-state index in [9.17, 15) is 4.79 Å². The van der Waals surface area contributed by atoms with Crippen LogP contribution in [-0.2, 0) is 9.53 Å². The minimum absolute atomic E-state index is 0.215. The summed E-state index contributed by atoms with van der Waals surface area (Å²) in [6.07, 6.45) is 8.81. The van der Waals surface area contributed by atoms with E-state index in [1.165, 1.54) is 26.2 Å². The molecule has 2 nitrogen and oxygen atoms in total. The molecular weight excluding hydrogens is 152 g/mol. The normalized spacial score (nSPS) is 10.5. The molecule has 0 aliphatic heterocycles. The number of hydrogen-bond acceptors (Lipinski definition) is 2. The first-order valence-corrected chi connectivity index (χ1v) is 4.55. The van der Waals surface area contributed by atoms with E-state index in [1.807, 2.05) is 6.08 Å². The zero-order valence-corrected chi connectivity index (χ0v) is 8.01. The summed E-state index contributed by atoms with van der Waals surface area (Å²) in [5, 5.41) is 0. The third-order valence-corrected chi connectivity index (χ3v) is 1.52. The fourth-order valence-electron chi connectivity index (χ4n) is 0.864. The Hall–Kier alpha value is -0.790. The van der Waals surface area contributed by atoms with Gasteiger partial charge in [-0.1, -0.05) is 31.9 Å². The molecule has 0 aromatic rings. The lowest BCUT2D eigenvalue weighted by Crippen LogP contribution is -1.97. The van der Waals surface area contributed by atoms with Gasteiger partial charge < -0.3 is 4.74 Å². The first-order chi connectivity index (χ1) is 5.77. The molecular formula is C10H18O2. The summed E-state index contributed by atoms with van der Waals surface area (Å²) < 4.78 is 4.72. The fraction of sp³-hybridized carbons (Fsp3) is 0.700. The number of allylic oxidation sites excluding steroid dienone is 1. The Morgan fingerprint density at radius 2 is 2.08 bits per heavy atom. The van der Waals surface area contributed by atoms with Crippen LogP contribution in [0.15, 0.2) is 12.2 Å². The molecule has 0 aliphatic carbocycles. The van der Waals surface area contributed by atoms with Gasteiger partial charge in [-0.25, -0.2) is 0 Å². The zero-order valence-electron chi connectivity index (χ0n) is 8.01. The first-order valence-electron chi connectivity index (χ1n) is 4.55. The van der Waals surface area contributed by atoms with Crippen LogP contribution in [0.3, 0.4) is 0 Å². The summed E-state index contributed by atoms with van der Waals surface area (Å²) in [6.45, 7) is 4.02. The molecule has 0 spiro atoms. The number of rotatable bonds is 6. The van der Waals surface area contributed by atoms with Gasteiger partial charge >= 0.3 is 5.97 Å². The van der Waals surface area contributed by atoms with Crippen molar-refractivity contribution in [1.82, 2.24) is 0 Å². The topological polar surface area (TPSA) is 26.3 Å². The van der Waals surface area contributed by atoms with Crippen molar-refractivity contribution in [3.8, 4) is 0 Å². The van der Waals surface area contributed by atoms with Gasteiger partial charge in [-0.3, -0.25) is 4.79 Å². The second kappa shape index (κ2) is 8.31. The van der Waals surface area contributed by atoms with Gasteiger partial charge in [0.1, 0.15) is 6.61 Å². The molecule has 0 amide bonds. The first kappa shape index (κ1) is 11.2. The maximum atomic E-state index is 10.3. The molecule has 0 atom stereocenters. The Kier molecular flexibility index (Phi) is 7.76. The third kappa shape index (κ3) is 9.21. The standard InChI is InChI=1S/C10H18O2/c1-3-4-5-6-7-8-9-12-10(2)11/h7-8H,3-6,9H2,1-2H3/b8-7-. The molecule has 0 aliphatic rings. The number of hydrogen-bond donors (Lipinski definition) is 0. The van der Waals surface area contributed by atoms with Crippen LogP contribution in [0.2, 0.25) is 0 Å². The van der Waals surface area contributed by atoms with Crippen molar-refractivity contribution in [3.05, 3.63) is 12.2 Å². The van der Waals surface area contributed by atoms with Gasteiger partial charge in [-0.05, 0) is 12.8 Å². The molecule has 0 fully saturated rings. The lowest BCUT2D eigenvalue weighted by atomic mass is 10.2. The van der Waals surface area contributed by atoms with Gasteiger partial charge in [-0.2, -0.15) is 0 Å². The highest BCUT2D eigenvalue weighted by atomic mass is 16.5. The van der Waals surface area contributed by atoms with Crippen molar-refractivity contribution in [1.29, 1.82) is 0 Å². The Labute approximate surface area is 74.6 Å². The Morgan fingerprint density at radius 3 is 2.67 bits per heavy atom. The SMILES string of the molecule is CCCCC/C=C\COC(C)=O. The highest BCUT2D eigenvalue weighted by Gasteiger charge is 1.86. The summed E-state index contributed by atoms with van der Waals surface area (Å²) in [5.74, 6) is -0.215. The quantitative estimate of drug-likeness (QED) is 0.348. The predicted molar refractivity (Wildman–Crippen MR) is 49.9 cm³/mol. The van der Waals surface area contributed by atoms with Crippen molar-refractivity contribution >= 4 is 5.97 Å². The van der Waals surface area contributed by atoms with Crippen LogP contribution in [0.1, 0.15) is 39.5 Å². The van der Waals surface area contributed by atoms with E-state index in [2.05, 4.69) is 13.0 Å². The van der Waals surface area contributed by atoms with E-state index in [4.69, 9.17) is 4.74 Å². The van der Waals surface area contributed by atoms with Gasteiger partial charge in [0, 0.05) is 6.92 Å². The van der Waals surface area contributed by atoms with E-state index in [0.29, 0.717) is 6.61 Å². The number of carbonyl (C=O) groups is 1. The van der Waals surface area contributed by atoms with Crippen LogP contribution < -0.4 is 0 Å². The highest BCUT2D eigenvalue weighted by molar-refractivity contribution is 5.65. The van der Waals surface area contributed by atoms with Crippen LogP contribution in [0.4, 0.5) is 0 Å². The van der Waals surface area contributed by atoms with Crippen LogP contribution in [0, 0.1) is 0 Å². The third-order valence-electron chi connectivity index (χ3n) is 1.52. The lowest BCUT2D eigenvalue weighted by Gasteiger charge is -1.94. The number of carbonyl (C=O) groups excluding carboxylic acids is 1. The van der Waals surface area contributed by atoms with E-state index >= 15 is 0 Å². The van der Waals surface area contributed by atoms with Crippen molar-refractivity contribution in [2.45, 2.75) is 39.5 Å². The highest BCUT2D eigenvalue weighted by Crippen LogP contribution is 1.99. The molecule has 0 aromatic heterocycles. The average molecular weight is 170 g/mol. The summed E-state index contributed by atoms with van der Waals surface area (Å²) in [4.78, 5) is 10.3. The minimum Gasteiger partial charge on any atom is -0.462 e. The summed E-state index contributed by atoms with van der Waals surface area (Å²) >= 11 is 0. The van der Waals surface area contributed by atoms with Crippen molar-refractivity contribution < 1.29 is 9.53 Å². The monoisotopic (exact) mass is 170 g/mol. The molecule has 12 heavy (non-hydrogen) atoms. The molecule has 0 heterocycles. The van der Waals surface area contributed by atoms with Crippen LogP contribution in [0.5, 0.6) is 0 Å². The maximum absolute atomic E-state index is 10.3. The molecule has 2 heteroatoms. The van der Waals surface area contributed by atoms with Gasteiger partial charge in [0.05, 0.1) is 0 Å². The molecule has 0 radical (unpaired) electrons. The average Bonchev–Trinajstić information content (AvgIpc) is 2.02. The van der Waals surface area contributed by atoms with Gasteiger partial charge in [0.2, 0.25) is 0 Å². The molecule has 0 aromatic carbocycles. The maximum Gasteiger partial charge on any atom is 0.302 e. The van der Waals surface area contributed by atoms with Crippen LogP contribution in [0.25, 0.3) is 0 Å². The number of unbranched alkanes of at least 4 members (excludes halogenated alkanes) is 3. The summed E-state index contributed by atoms with van der Waals surface area (Å²) in [7, 11) is 0. The fourth-order valence-corrected chi connectivity index (χ4v) is 0.864. The van der Waals surface area contributed by atoms with Crippen LogP contribution in [-0.4, -0.2) is 12.6 Å². The summed E-state index contributed by atoms with van der Waals surface area (Å²) in [5.41, 5.74) is 0. The van der Waals surface area contributed by atoms with Crippen LogP contribution >= 0.6 is 0 Å². The van der Waals surface area contributed by atoms with Gasteiger partial charge in [0.15, 0.2) is 0 Å². The largest absolute Gasteiger partial charge is 0.462 e.